The van der Waals surface area contributed by atoms with Gasteiger partial charge >= 0.3 is 11.9 Å². The molecule has 0 spiro atoms. The summed E-state index contributed by atoms with van der Waals surface area (Å²) in [5.41, 5.74) is -1.19. The summed E-state index contributed by atoms with van der Waals surface area (Å²) < 4.78 is 17.1. The zero-order chi connectivity index (χ0) is 20.5. The smallest absolute Gasteiger partial charge is 0.329 e. The van der Waals surface area contributed by atoms with Crippen molar-refractivity contribution in [3.05, 3.63) is 0 Å². The van der Waals surface area contributed by atoms with Crippen molar-refractivity contribution in [2.24, 2.45) is 58.7 Å². The first-order valence-electron chi connectivity index (χ1n) is 11.9. The Hall–Kier alpha value is -1.61. The molecular weight excluding hydrogens is 382 g/mol. The molecule has 6 nitrogen and oxygen atoms in total. The van der Waals surface area contributed by atoms with Crippen molar-refractivity contribution in [1.29, 1.82) is 5.26 Å². The number of ether oxygens (including phenoxy) is 3. The molecule has 0 aromatic carbocycles. The zero-order valence-electron chi connectivity index (χ0n) is 17.5. The molecule has 7 aliphatic rings. The number of nitrogens with zero attached hydrogens (tertiary/aromatic N) is 1. The second-order valence-corrected chi connectivity index (χ2v) is 11.5. The van der Waals surface area contributed by atoms with Gasteiger partial charge in [0.05, 0.1) is 6.07 Å². The van der Waals surface area contributed by atoms with Gasteiger partial charge in [-0.2, -0.15) is 5.26 Å². The predicted molar refractivity (Wildman–Crippen MR) is 102 cm³/mol. The first-order valence-corrected chi connectivity index (χ1v) is 11.9. The highest BCUT2D eigenvalue weighted by Gasteiger charge is 2.74. The van der Waals surface area contributed by atoms with E-state index in [1.807, 2.05) is 0 Å². The van der Waals surface area contributed by atoms with Crippen LogP contribution in [0.3, 0.4) is 0 Å². The number of carbonyl (C=O) groups excluding carboxylic acids is 2. The van der Waals surface area contributed by atoms with Crippen LogP contribution in [0.5, 0.6) is 0 Å². The standard InChI is InChI=1S/C24H29NO5/c1-9-10(2)14-6-13(9)18-12-3-11(15(4-12)19(14)18)5-17(26)29-20-16-7-24(8-25)22(28-16)21(20)30-23(24)27/h9-16,18-22H,3-7H2,1-2H3. The lowest BCUT2D eigenvalue weighted by Crippen LogP contribution is -2.44. The number of esters is 2. The molecule has 3 heterocycles. The van der Waals surface area contributed by atoms with E-state index < -0.39 is 35.8 Å². The second kappa shape index (κ2) is 5.59. The molecule has 14 unspecified atom stereocenters. The highest BCUT2D eigenvalue weighted by atomic mass is 16.7. The van der Waals surface area contributed by atoms with Gasteiger partial charge in [0.1, 0.15) is 12.2 Å². The Kier molecular flexibility index (Phi) is 3.36. The molecule has 0 aromatic rings. The third kappa shape index (κ3) is 1.91. The quantitative estimate of drug-likeness (QED) is 0.524. The monoisotopic (exact) mass is 411 g/mol. The summed E-state index contributed by atoms with van der Waals surface area (Å²) in [6.07, 6.45) is 2.50. The van der Waals surface area contributed by atoms with Gasteiger partial charge in [-0.1, -0.05) is 13.8 Å². The van der Waals surface area contributed by atoms with Crippen molar-refractivity contribution >= 4 is 11.9 Å². The van der Waals surface area contributed by atoms with Gasteiger partial charge in [0.2, 0.25) is 0 Å². The van der Waals surface area contributed by atoms with Crippen LogP contribution in [0.4, 0.5) is 0 Å². The molecule has 7 fully saturated rings. The molecule has 30 heavy (non-hydrogen) atoms. The Balaban J connectivity index is 1.03. The van der Waals surface area contributed by atoms with Crippen LogP contribution in [-0.4, -0.2) is 36.4 Å². The van der Waals surface area contributed by atoms with E-state index >= 15 is 0 Å². The lowest BCUT2D eigenvalue weighted by Gasteiger charge is -2.43. The Bertz CT molecular complexity index is 881. The van der Waals surface area contributed by atoms with E-state index in [1.165, 1.54) is 19.3 Å². The summed E-state index contributed by atoms with van der Waals surface area (Å²) in [5, 5.41) is 9.47. The van der Waals surface area contributed by atoms with Crippen molar-refractivity contribution in [1.82, 2.24) is 0 Å². The summed E-state index contributed by atoms with van der Waals surface area (Å²) >= 11 is 0. The van der Waals surface area contributed by atoms with Gasteiger partial charge in [0, 0.05) is 12.8 Å². The molecule has 0 N–H and O–H groups in total. The highest BCUT2D eigenvalue weighted by molar-refractivity contribution is 5.85. The van der Waals surface area contributed by atoms with Crippen molar-refractivity contribution in [2.45, 2.75) is 70.4 Å². The number of hydrogen-bond acceptors (Lipinski definition) is 6. The molecular formula is C24H29NO5. The zero-order valence-corrected chi connectivity index (χ0v) is 17.5. The van der Waals surface area contributed by atoms with Gasteiger partial charge in [-0.3, -0.25) is 9.59 Å². The maximum absolute atomic E-state index is 12.9. The van der Waals surface area contributed by atoms with Gasteiger partial charge in [-0.25, -0.2) is 0 Å². The lowest BCUT2D eigenvalue weighted by molar-refractivity contribution is -0.162. The number of rotatable bonds is 3. The molecule has 14 atom stereocenters. The Morgan fingerprint density at radius 2 is 1.93 bits per heavy atom. The van der Waals surface area contributed by atoms with Crippen LogP contribution in [0.25, 0.3) is 0 Å². The van der Waals surface area contributed by atoms with E-state index in [9.17, 15) is 14.9 Å². The van der Waals surface area contributed by atoms with Crippen LogP contribution in [0.15, 0.2) is 0 Å². The fourth-order valence-electron chi connectivity index (χ4n) is 9.59. The van der Waals surface area contributed by atoms with Crippen LogP contribution < -0.4 is 0 Å². The maximum Gasteiger partial charge on any atom is 0.329 e. The molecule has 4 saturated carbocycles. The summed E-state index contributed by atoms with van der Waals surface area (Å²) in [6, 6.07) is 2.10. The van der Waals surface area contributed by atoms with Crippen molar-refractivity contribution < 1.29 is 23.8 Å². The fourth-order valence-corrected chi connectivity index (χ4v) is 9.59. The Morgan fingerprint density at radius 3 is 2.70 bits per heavy atom. The molecule has 6 heteroatoms. The van der Waals surface area contributed by atoms with Crippen LogP contribution >= 0.6 is 0 Å². The van der Waals surface area contributed by atoms with E-state index in [1.54, 1.807) is 0 Å². The SMILES string of the molecule is CC1C(C)C2CC1C1C3CC(CC(=O)OC4C5CC6(C#N)C(=O)OC4C6O5)C(C3)C21. The number of fused-ring (bicyclic) bond motifs is 10. The van der Waals surface area contributed by atoms with E-state index in [0.717, 1.165) is 41.4 Å². The first kappa shape index (κ1) is 18.0. The normalized spacial score (nSPS) is 60.7. The average molecular weight is 411 g/mol. The van der Waals surface area contributed by atoms with Gasteiger partial charge in [0.25, 0.3) is 0 Å². The minimum absolute atomic E-state index is 0.180. The van der Waals surface area contributed by atoms with Gasteiger partial charge in [0.15, 0.2) is 17.6 Å². The third-order valence-electron chi connectivity index (χ3n) is 10.8. The summed E-state index contributed by atoms with van der Waals surface area (Å²) in [5.74, 6) is 6.45. The number of hydrogen-bond donors (Lipinski definition) is 0. The molecule has 160 valence electrons. The molecule has 0 radical (unpaired) electrons. The summed E-state index contributed by atoms with van der Waals surface area (Å²) in [7, 11) is 0. The summed E-state index contributed by atoms with van der Waals surface area (Å²) in [6.45, 7) is 4.90. The van der Waals surface area contributed by atoms with Gasteiger partial charge < -0.3 is 14.2 Å². The van der Waals surface area contributed by atoms with Gasteiger partial charge in [-0.15, -0.1) is 0 Å². The number of carbonyl (C=O) groups is 2. The molecule has 0 amide bonds. The Labute approximate surface area is 176 Å². The topological polar surface area (TPSA) is 85.6 Å². The average Bonchev–Trinajstić information content (AvgIpc) is 3.52. The van der Waals surface area contributed by atoms with Crippen LogP contribution in [0.1, 0.15) is 46.0 Å². The predicted octanol–water partition coefficient (Wildman–Crippen LogP) is 2.71. The minimum atomic E-state index is -1.19. The van der Waals surface area contributed by atoms with Crippen LogP contribution in [-0.2, 0) is 23.8 Å². The van der Waals surface area contributed by atoms with Gasteiger partial charge in [-0.05, 0) is 72.5 Å². The number of nitriles is 1. The van der Waals surface area contributed by atoms with Crippen LogP contribution in [0.2, 0.25) is 0 Å². The lowest BCUT2D eigenvalue weighted by atomic mass is 9.62. The highest BCUT2D eigenvalue weighted by Crippen LogP contribution is 2.71. The van der Waals surface area contributed by atoms with E-state index in [0.29, 0.717) is 18.3 Å². The molecule has 7 rings (SSSR count). The molecule has 3 aliphatic heterocycles. The van der Waals surface area contributed by atoms with Crippen molar-refractivity contribution in [3.8, 4) is 6.07 Å². The molecule has 4 aliphatic carbocycles. The molecule has 0 aromatic heterocycles. The largest absolute Gasteiger partial charge is 0.455 e. The van der Waals surface area contributed by atoms with Crippen LogP contribution in [0, 0.1) is 70.0 Å². The molecule has 6 bridgehead atoms. The van der Waals surface area contributed by atoms with Crippen molar-refractivity contribution in [3.63, 3.8) is 0 Å². The summed E-state index contributed by atoms with van der Waals surface area (Å²) in [4.78, 5) is 25.1. The third-order valence-corrected chi connectivity index (χ3v) is 10.8. The van der Waals surface area contributed by atoms with E-state index in [4.69, 9.17) is 14.2 Å². The fraction of sp³-hybridized carbons (Fsp3) is 0.875. The van der Waals surface area contributed by atoms with E-state index in [2.05, 4.69) is 19.9 Å². The first-order chi connectivity index (χ1) is 14.4. The van der Waals surface area contributed by atoms with E-state index in [-0.39, 0.29) is 12.4 Å². The minimum Gasteiger partial charge on any atom is -0.455 e. The molecule has 3 saturated heterocycles. The van der Waals surface area contributed by atoms with Crippen molar-refractivity contribution in [2.75, 3.05) is 0 Å². The second-order valence-electron chi connectivity index (χ2n) is 11.5. The maximum atomic E-state index is 12.9. The Morgan fingerprint density at radius 1 is 1.17 bits per heavy atom.